The zero-order valence-electron chi connectivity index (χ0n) is 12.1. The molecule has 1 fully saturated rings. The molecule has 1 aliphatic heterocycles. The number of carbonyl (C=O) groups excluding carboxylic acids is 2. The van der Waals surface area contributed by atoms with Gasteiger partial charge in [-0.05, 0) is 25.7 Å². The van der Waals surface area contributed by atoms with E-state index in [0.29, 0.717) is 18.9 Å². The Kier molecular flexibility index (Phi) is 5.17. The fourth-order valence-corrected chi connectivity index (χ4v) is 2.46. The van der Waals surface area contributed by atoms with E-state index in [1.165, 1.54) is 12.8 Å². The van der Waals surface area contributed by atoms with Crippen LogP contribution in [0.15, 0.2) is 0 Å². The highest BCUT2D eigenvalue weighted by Crippen LogP contribution is 2.28. The van der Waals surface area contributed by atoms with Crippen molar-refractivity contribution in [3.05, 3.63) is 0 Å². The van der Waals surface area contributed by atoms with Crippen molar-refractivity contribution in [2.24, 2.45) is 5.92 Å². The number of amides is 3. The first kappa shape index (κ1) is 15.0. The van der Waals surface area contributed by atoms with Crippen LogP contribution in [0.1, 0.15) is 59.8 Å². The highest BCUT2D eigenvalue weighted by Gasteiger charge is 2.48. The van der Waals surface area contributed by atoms with Gasteiger partial charge in [0, 0.05) is 6.54 Å². The van der Waals surface area contributed by atoms with Gasteiger partial charge in [0.05, 0.1) is 0 Å². The minimum absolute atomic E-state index is 0.152. The molecule has 18 heavy (non-hydrogen) atoms. The largest absolute Gasteiger partial charge is 0.325 e. The van der Waals surface area contributed by atoms with E-state index in [1.807, 2.05) is 13.8 Å². The predicted octanol–water partition coefficient (Wildman–Crippen LogP) is 2.92. The van der Waals surface area contributed by atoms with Crippen molar-refractivity contribution >= 4 is 11.9 Å². The van der Waals surface area contributed by atoms with Gasteiger partial charge in [-0.15, -0.1) is 0 Å². The molecule has 2 unspecified atom stereocenters. The molecule has 1 heterocycles. The summed E-state index contributed by atoms with van der Waals surface area (Å²) in [4.78, 5) is 25.5. The average molecular weight is 254 g/mol. The van der Waals surface area contributed by atoms with Crippen LogP contribution < -0.4 is 5.32 Å². The van der Waals surface area contributed by atoms with E-state index in [1.54, 1.807) is 4.90 Å². The minimum Gasteiger partial charge on any atom is -0.310 e. The van der Waals surface area contributed by atoms with Gasteiger partial charge in [0.15, 0.2) is 0 Å². The SMILES string of the molecule is CCCCC(CC)CN1C(=O)NC(=O)C1(C)CC. The quantitative estimate of drug-likeness (QED) is 0.710. The Morgan fingerprint density at radius 3 is 2.44 bits per heavy atom. The summed E-state index contributed by atoms with van der Waals surface area (Å²) >= 11 is 0. The molecule has 4 heteroatoms. The maximum atomic E-state index is 11.9. The van der Waals surface area contributed by atoms with Gasteiger partial charge >= 0.3 is 6.03 Å². The van der Waals surface area contributed by atoms with Gasteiger partial charge in [0.2, 0.25) is 0 Å². The molecule has 1 rings (SSSR count). The van der Waals surface area contributed by atoms with Crippen molar-refractivity contribution in [2.75, 3.05) is 6.54 Å². The second kappa shape index (κ2) is 6.21. The van der Waals surface area contributed by atoms with Gasteiger partial charge in [0.25, 0.3) is 5.91 Å². The number of nitrogens with zero attached hydrogens (tertiary/aromatic N) is 1. The Balaban J connectivity index is 2.73. The van der Waals surface area contributed by atoms with Crippen LogP contribution in [0.3, 0.4) is 0 Å². The number of rotatable bonds is 7. The number of carbonyl (C=O) groups is 2. The van der Waals surface area contributed by atoms with Crippen LogP contribution in [0.2, 0.25) is 0 Å². The van der Waals surface area contributed by atoms with E-state index < -0.39 is 5.54 Å². The van der Waals surface area contributed by atoms with E-state index in [-0.39, 0.29) is 11.9 Å². The van der Waals surface area contributed by atoms with Crippen LogP contribution in [0.5, 0.6) is 0 Å². The fraction of sp³-hybridized carbons (Fsp3) is 0.857. The molecule has 1 saturated heterocycles. The molecule has 4 nitrogen and oxygen atoms in total. The molecule has 1 N–H and O–H groups in total. The van der Waals surface area contributed by atoms with Gasteiger partial charge in [-0.25, -0.2) is 4.79 Å². The number of hydrogen-bond donors (Lipinski definition) is 1. The highest BCUT2D eigenvalue weighted by atomic mass is 16.2. The zero-order chi connectivity index (χ0) is 13.8. The third-order valence-electron chi connectivity index (χ3n) is 4.22. The lowest BCUT2D eigenvalue weighted by molar-refractivity contribution is -0.126. The van der Waals surface area contributed by atoms with E-state index in [0.717, 1.165) is 12.8 Å². The molecule has 0 aromatic heterocycles. The number of imide groups is 1. The molecule has 1 aliphatic rings. The molecule has 0 saturated carbocycles. The second-order valence-corrected chi connectivity index (χ2v) is 5.41. The topological polar surface area (TPSA) is 49.4 Å². The lowest BCUT2D eigenvalue weighted by atomic mass is 9.93. The van der Waals surface area contributed by atoms with Gasteiger partial charge in [-0.3, -0.25) is 10.1 Å². The summed E-state index contributed by atoms with van der Waals surface area (Å²) in [7, 11) is 0. The van der Waals surface area contributed by atoms with Crippen LogP contribution in [0.25, 0.3) is 0 Å². The maximum Gasteiger partial charge on any atom is 0.325 e. The van der Waals surface area contributed by atoms with Crippen molar-refractivity contribution in [3.8, 4) is 0 Å². The highest BCUT2D eigenvalue weighted by molar-refractivity contribution is 6.06. The molecule has 2 atom stereocenters. The van der Waals surface area contributed by atoms with Crippen LogP contribution in [-0.4, -0.2) is 28.9 Å². The Morgan fingerprint density at radius 2 is 1.94 bits per heavy atom. The van der Waals surface area contributed by atoms with E-state index >= 15 is 0 Å². The fourth-order valence-electron chi connectivity index (χ4n) is 2.46. The first-order valence-corrected chi connectivity index (χ1v) is 7.12. The minimum atomic E-state index is -0.656. The third-order valence-corrected chi connectivity index (χ3v) is 4.22. The van der Waals surface area contributed by atoms with Gasteiger partial charge < -0.3 is 4.90 Å². The van der Waals surface area contributed by atoms with Crippen LogP contribution in [-0.2, 0) is 4.79 Å². The number of hydrogen-bond acceptors (Lipinski definition) is 2. The summed E-state index contributed by atoms with van der Waals surface area (Å²) < 4.78 is 0. The molecular formula is C14H26N2O2. The molecule has 0 aromatic carbocycles. The molecule has 3 amide bonds. The summed E-state index contributed by atoms with van der Waals surface area (Å²) in [5, 5.41) is 2.44. The van der Waals surface area contributed by atoms with Crippen molar-refractivity contribution in [3.63, 3.8) is 0 Å². The number of urea groups is 1. The Morgan fingerprint density at radius 1 is 1.28 bits per heavy atom. The summed E-state index contributed by atoms with van der Waals surface area (Å²) in [5.41, 5.74) is -0.656. The molecule has 0 radical (unpaired) electrons. The smallest absolute Gasteiger partial charge is 0.310 e. The average Bonchev–Trinajstić information content (AvgIpc) is 2.57. The lowest BCUT2D eigenvalue weighted by Gasteiger charge is -2.33. The Bertz CT molecular complexity index is 317. The lowest BCUT2D eigenvalue weighted by Crippen LogP contribution is -2.48. The summed E-state index contributed by atoms with van der Waals surface area (Å²) in [6.07, 6.45) is 5.20. The van der Waals surface area contributed by atoms with Gasteiger partial charge in [0.1, 0.15) is 5.54 Å². The van der Waals surface area contributed by atoms with Gasteiger partial charge in [-0.2, -0.15) is 0 Å². The van der Waals surface area contributed by atoms with E-state index in [2.05, 4.69) is 19.2 Å². The third kappa shape index (κ3) is 2.85. The van der Waals surface area contributed by atoms with Crippen molar-refractivity contribution < 1.29 is 9.59 Å². The second-order valence-electron chi connectivity index (χ2n) is 5.41. The Hall–Kier alpha value is -1.06. The number of nitrogens with one attached hydrogen (secondary N) is 1. The molecule has 0 aromatic rings. The summed E-state index contributed by atoms with van der Waals surface area (Å²) in [6, 6.07) is -0.223. The van der Waals surface area contributed by atoms with Gasteiger partial charge in [-0.1, -0.05) is 40.0 Å². The van der Waals surface area contributed by atoms with Crippen LogP contribution >= 0.6 is 0 Å². The van der Waals surface area contributed by atoms with Crippen molar-refractivity contribution in [1.29, 1.82) is 0 Å². The monoisotopic (exact) mass is 254 g/mol. The first-order chi connectivity index (χ1) is 8.49. The molecule has 0 spiro atoms. The van der Waals surface area contributed by atoms with E-state index in [4.69, 9.17) is 0 Å². The molecule has 0 aliphatic carbocycles. The molecule has 104 valence electrons. The van der Waals surface area contributed by atoms with Crippen LogP contribution in [0.4, 0.5) is 4.79 Å². The Labute approximate surface area is 110 Å². The molecule has 0 bridgehead atoms. The maximum absolute atomic E-state index is 11.9. The molecular weight excluding hydrogens is 228 g/mol. The normalized spacial score (nSPS) is 25.4. The zero-order valence-corrected chi connectivity index (χ0v) is 12.1. The van der Waals surface area contributed by atoms with Crippen molar-refractivity contribution in [2.45, 2.75) is 65.3 Å². The standard InChI is InChI=1S/C14H26N2O2/c1-5-8-9-11(6-2)10-16-13(18)15-12(17)14(16,4)7-3/h11H,5-10H2,1-4H3,(H,15,17,18). The summed E-state index contributed by atoms with van der Waals surface area (Å²) in [5.74, 6) is 0.341. The predicted molar refractivity (Wildman–Crippen MR) is 72.2 cm³/mol. The van der Waals surface area contributed by atoms with Crippen molar-refractivity contribution in [1.82, 2.24) is 10.2 Å². The van der Waals surface area contributed by atoms with Crippen LogP contribution in [0, 0.1) is 5.92 Å². The first-order valence-electron chi connectivity index (χ1n) is 7.12. The summed E-state index contributed by atoms with van der Waals surface area (Å²) in [6.45, 7) is 8.84. The number of unbranched alkanes of at least 4 members (excludes halogenated alkanes) is 1. The van der Waals surface area contributed by atoms with E-state index in [9.17, 15) is 9.59 Å².